The molecular formula is C13H13FN2O5S. The summed E-state index contributed by atoms with van der Waals surface area (Å²) in [5, 5.41) is 2.26. The van der Waals surface area contributed by atoms with Crippen molar-refractivity contribution in [3.63, 3.8) is 0 Å². The number of rotatable bonds is 7. The molecule has 1 aromatic carbocycles. The number of amides is 1. The molecule has 0 aliphatic heterocycles. The molecule has 0 unspecified atom stereocenters. The Morgan fingerprint density at radius 2 is 2.09 bits per heavy atom. The molecule has 0 bridgehead atoms. The second-order valence-electron chi connectivity index (χ2n) is 3.92. The van der Waals surface area contributed by atoms with Crippen LogP contribution in [-0.4, -0.2) is 40.0 Å². The molecule has 1 amide bonds. The Morgan fingerprint density at radius 1 is 1.36 bits per heavy atom. The van der Waals surface area contributed by atoms with Crippen molar-refractivity contribution in [3.8, 4) is 12.3 Å². The number of halogens is 1. The van der Waals surface area contributed by atoms with E-state index in [0.29, 0.717) is 0 Å². The molecule has 0 fully saturated rings. The number of carbonyl (C=O) groups excluding carboxylic acids is 2. The molecule has 0 saturated heterocycles. The summed E-state index contributed by atoms with van der Waals surface area (Å²) < 4.78 is 43.0. The molecule has 0 aliphatic carbocycles. The number of esters is 1. The molecule has 118 valence electrons. The van der Waals surface area contributed by atoms with Gasteiger partial charge in [-0.25, -0.2) is 12.8 Å². The summed E-state index contributed by atoms with van der Waals surface area (Å²) in [6.07, 6.45) is 4.92. The predicted octanol–water partition coefficient (Wildman–Crippen LogP) is -0.603. The maximum atomic E-state index is 13.0. The van der Waals surface area contributed by atoms with Gasteiger partial charge in [-0.2, -0.15) is 4.72 Å². The lowest BCUT2D eigenvalue weighted by molar-refractivity contribution is -0.147. The number of nitrogens with one attached hydrogen (secondary N) is 2. The maximum Gasteiger partial charge on any atom is 0.321 e. The topological polar surface area (TPSA) is 102 Å². The Balaban J connectivity index is 2.47. The van der Waals surface area contributed by atoms with Gasteiger partial charge in [-0.3, -0.25) is 9.59 Å². The van der Waals surface area contributed by atoms with Crippen molar-refractivity contribution in [2.75, 3.05) is 19.7 Å². The van der Waals surface area contributed by atoms with Gasteiger partial charge in [0.25, 0.3) is 5.91 Å². The van der Waals surface area contributed by atoms with Crippen LogP contribution in [-0.2, 0) is 24.3 Å². The average Bonchev–Trinajstić information content (AvgIpc) is 2.49. The zero-order valence-corrected chi connectivity index (χ0v) is 12.2. The van der Waals surface area contributed by atoms with Gasteiger partial charge >= 0.3 is 5.97 Å². The van der Waals surface area contributed by atoms with Gasteiger partial charge in [0.2, 0.25) is 10.0 Å². The summed E-state index contributed by atoms with van der Waals surface area (Å²) in [7, 11) is -4.05. The van der Waals surface area contributed by atoms with Crippen LogP contribution in [0.25, 0.3) is 0 Å². The fourth-order valence-corrected chi connectivity index (χ4v) is 2.27. The Kier molecular flexibility index (Phi) is 6.49. The molecule has 7 nitrogen and oxygen atoms in total. The van der Waals surface area contributed by atoms with Gasteiger partial charge in [0.15, 0.2) is 6.61 Å². The second-order valence-corrected chi connectivity index (χ2v) is 5.69. The third-order valence-electron chi connectivity index (χ3n) is 2.26. The molecular weight excluding hydrogens is 315 g/mol. The van der Waals surface area contributed by atoms with Gasteiger partial charge < -0.3 is 10.1 Å². The van der Waals surface area contributed by atoms with Gasteiger partial charge in [-0.15, -0.1) is 6.42 Å². The van der Waals surface area contributed by atoms with E-state index in [-0.39, 0.29) is 11.4 Å². The highest BCUT2D eigenvalue weighted by molar-refractivity contribution is 7.89. The Morgan fingerprint density at radius 3 is 2.73 bits per heavy atom. The maximum absolute atomic E-state index is 13.0. The SMILES string of the molecule is C#CCNC(=O)COC(=O)CNS(=O)(=O)c1cccc(F)c1. The van der Waals surface area contributed by atoms with E-state index in [1.54, 1.807) is 0 Å². The lowest BCUT2D eigenvalue weighted by Crippen LogP contribution is -2.34. The Labute approximate surface area is 126 Å². The molecule has 1 aromatic rings. The van der Waals surface area contributed by atoms with Crippen LogP contribution in [0.1, 0.15) is 0 Å². The van der Waals surface area contributed by atoms with E-state index in [0.717, 1.165) is 12.1 Å². The standard InChI is InChI=1S/C13H13FN2O5S/c1-2-6-15-12(17)9-21-13(18)8-16-22(19,20)11-5-3-4-10(14)7-11/h1,3-5,7,16H,6,8-9H2,(H,15,17). The minimum atomic E-state index is -4.05. The van der Waals surface area contributed by atoms with Crippen LogP contribution in [0, 0.1) is 18.2 Å². The number of carbonyl (C=O) groups is 2. The largest absolute Gasteiger partial charge is 0.455 e. The first-order chi connectivity index (χ1) is 10.3. The average molecular weight is 328 g/mol. The number of hydrogen-bond acceptors (Lipinski definition) is 5. The van der Waals surface area contributed by atoms with Crippen molar-refractivity contribution in [3.05, 3.63) is 30.1 Å². The molecule has 0 aliphatic rings. The predicted molar refractivity (Wildman–Crippen MR) is 74.4 cm³/mol. The van der Waals surface area contributed by atoms with Crippen LogP contribution < -0.4 is 10.0 Å². The zero-order chi connectivity index (χ0) is 16.6. The molecule has 0 atom stereocenters. The van der Waals surface area contributed by atoms with E-state index in [4.69, 9.17) is 6.42 Å². The van der Waals surface area contributed by atoms with E-state index in [9.17, 15) is 22.4 Å². The minimum Gasteiger partial charge on any atom is -0.455 e. The fraction of sp³-hybridized carbons (Fsp3) is 0.231. The van der Waals surface area contributed by atoms with Crippen LogP contribution in [0.3, 0.4) is 0 Å². The van der Waals surface area contributed by atoms with E-state index < -0.39 is 40.9 Å². The number of hydrogen-bond donors (Lipinski definition) is 2. The summed E-state index contributed by atoms with van der Waals surface area (Å²) in [4.78, 5) is 22.1. The third kappa shape index (κ3) is 5.90. The molecule has 0 saturated carbocycles. The molecule has 22 heavy (non-hydrogen) atoms. The number of benzene rings is 1. The van der Waals surface area contributed by atoms with Crippen molar-refractivity contribution in [2.45, 2.75) is 4.90 Å². The van der Waals surface area contributed by atoms with Crippen molar-refractivity contribution < 1.29 is 27.1 Å². The molecule has 0 aromatic heterocycles. The molecule has 0 radical (unpaired) electrons. The van der Waals surface area contributed by atoms with Gasteiger partial charge in [0, 0.05) is 0 Å². The highest BCUT2D eigenvalue weighted by atomic mass is 32.2. The quantitative estimate of drug-likeness (QED) is 0.514. The van der Waals surface area contributed by atoms with Crippen LogP contribution in [0.2, 0.25) is 0 Å². The number of sulfonamides is 1. The first-order valence-corrected chi connectivity index (χ1v) is 7.44. The van der Waals surface area contributed by atoms with E-state index in [1.807, 2.05) is 4.72 Å². The first kappa shape index (κ1) is 17.6. The summed E-state index contributed by atoms with van der Waals surface area (Å²) in [5.41, 5.74) is 0. The van der Waals surface area contributed by atoms with Gasteiger partial charge in [0.05, 0.1) is 11.4 Å². The monoisotopic (exact) mass is 328 g/mol. The molecule has 9 heteroatoms. The Bertz CT molecular complexity index is 697. The lowest BCUT2D eigenvalue weighted by atomic mass is 10.4. The molecule has 0 spiro atoms. The molecule has 2 N–H and O–H groups in total. The minimum absolute atomic E-state index is 0.0113. The van der Waals surface area contributed by atoms with Crippen molar-refractivity contribution >= 4 is 21.9 Å². The van der Waals surface area contributed by atoms with Crippen molar-refractivity contribution in [1.29, 1.82) is 0 Å². The highest BCUT2D eigenvalue weighted by Crippen LogP contribution is 2.09. The summed E-state index contributed by atoms with van der Waals surface area (Å²) in [6.45, 7) is -1.29. The first-order valence-electron chi connectivity index (χ1n) is 5.96. The smallest absolute Gasteiger partial charge is 0.321 e. The lowest BCUT2D eigenvalue weighted by Gasteiger charge is -2.07. The second kappa shape index (κ2) is 8.11. The third-order valence-corrected chi connectivity index (χ3v) is 3.66. The van der Waals surface area contributed by atoms with Gasteiger partial charge in [-0.05, 0) is 18.2 Å². The van der Waals surface area contributed by atoms with E-state index >= 15 is 0 Å². The summed E-state index contributed by atoms with van der Waals surface area (Å²) in [5.74, 6) is -0.141. The van der Waals surface area contributed by atoms with Crippen LogP contribution in [0.5, 0.6) is 0 Å². The summed E-state index contributed by atoms with van der Waals surface area (Å²) >= 11 is 0. The molecule has 0 heterocycles. The van der Waals surface area contributed by atoms with Crippen LogP contribution >= 0.6 is 0 Å². The Hall–Kier alpha value is -2.44. The van der Waals surface area contributed by atoms with Gasteiger partial charge in [0.1, 0.15) is 12.4 Å². The van der Waals surface area contributed by atoms with Crippen molar-refractivity contribution in [1.82, 2.24) is 10.0 Å². The highest BCUT2D eigenvalue weighted by Gasteiger charge is 2.17. The zero-order valence-electron chi connectivity index (χ0n) is 11.3. The van der Waals surface area contributed by atoms with Crippen LogP contribution in [0.4, 0.5) is 4.39 Å². The van der Waals surface area contributed by atoms with Crippen LogP contribution in [0.15, 0.2) is 29.2 Å². The fourth-order valence-electron chi connectivity index (χ4n) is 1.27. The normalized spacial score (nSPS) is 10.5. The number of ether oxygens (including phenoxy) is 1. The van der Waals surface area contributed by atoms with Crippen molar-refractivity contribution in [2.24, 2.45) is 0 Å². The molecule has 1 rings (SSSR count). The van der Waals surface area contributed by atoms with E-state index in [2.05, 4.69) is 16.0 Å². The number of terminal acetylenes is 1. The summed E-state index contributed by atoms with van der Waals surface area (Å²) in [6, 6.07) is 4.28. The van der Waals surface area contributed by atoms with Gasteiger partial charge in [-0.1, -0.05) is 12.0 Å². The van der Waals surface area contributed by atoms with E-state index in [1.165, 1.54) is 12.1 Å².